The van der Waals surface area contributed by atoms with Crippen molar-refractivity contribution in [3.8, 4) is 0 Å². The number of hydrogen-bond acceptors (Lipinski definition) is 5. The summed E-state index contributed by atoms with van der Waals surface area (Å²) < 4.78 is 0. The maximum absolute atomic E-state index is 11.7. The lowest BCUT2D eigenvalue weighted by Gasteiger charge is -2.23. The van der Waals surface area contributed by atoms with Gasteiger partial charge in [-0.3, -0.25) is 4.79 Å². The van der Waals surface area contributed by atoms with Crippen LogP contribution in [-0.2, 0) is 4.79 Å². The predicted octanol–water partition coefficient (Wildman–Crippen LogP) is 5.32. The average molecular weight is 441 g/mol. The second-order valence-corrected chi connectivity index (χ2v) is 8.49. The molecule has 1 atom stereocenters. The first-order chi connectivity index (χ1) is 14.1. The molecule has 0 saturated carbocycles. The van der Waals surface area contributed by atoms with Crippen LogP contribution in [0.25, 0.3) is 10.9 Å². The van der Waals surface area contributed by atoms with Gasteiger partial charge in [0.1, 0.15) is 5.15 Å². The average Bonchev–Trinajstić information content (AvgIpc) is 3.34. The molecule has 0 saturated heterocycles. The van der Waals surface area contributed by atoms with Crippen LogP contribution in [-0.4, -0.2) is 32.5 Å². The first-order valence-corrected chi connectivity index (χ1v) is 10.7. The molecular formula is C21H14Cl2N4OS. The Balaban J connectivity index is 1.59. The van der Waals surface area contributed by atoms with Gasteiger partial charge in [0.15, 0.2) is 5.17 Å². The molecule has 0 fully saturated rings. The number of amides is 1. The molecule has 2 aliphatic rings. The van der Waals surface area contributed by atoms with Gasteiger partial charge in [-0.1, -0.05) is 65.3 Å². The zero-order chi connectivity index (χ0) is 20.0. The van der Waals surface area contributed by atoms with Crippen LogP contribution >= 0.6 is 35.0 Å². The maximum atomic E-state index is 11.7. The third-order valence-electron chi connectivity index (χ3n) is 4.89. The molecule has 0 spiro atoms. The number of halogens is 2. The highest BCUT2D eigenvalue weighted by molar-refractivity contribution is 8.14. The van der Waals surface area contributed by atoms with Crippen molar-refractivity contribution in [1.82, 2.24) is 9.99 Å². The number of rotatable bonds is 2. The summed E-state index contributed by atoms with van der Waals surface area (Å²) >= 11 is 14.0. The summed E-state index contributed by atoms with van der Waals surface area (Å²) in [6, 6.07) is 17.3. The molecule has 3 heterocycles. The van der Waals surface area contributed by atoms with Gasteiger partial charge in [-0.25, -0.2) is 9.99 Å². The van der Waals surface area contributed by atoms with E-state index in [0.717, 1.165) is 27.7 Å². The smallest absolute Gasteiger partial charge is 0.258 e. The van der Waals surface area contributed by atoms with Gasteiger partial charge in [0.25, 0.3) is 5.91 Å². The predicted molar refractivity (Wildman–Crippen MR) is 119 cm³/mol. The van der Waals surface area contributed by atoms with Crippen LogP contribution < -0.4 is 0 Å². The molecule has 29 heavy (non-hydrogen) atoms. The first-order valence-electron chi connectivity index (χ1n) is 9.00. The topological polar surface area (TPSA) is 57.9 Å². The number of aliphatic imine (C=N–C) groups is 1. The van der Waals surface area contributed by atoms with Gasteiger partial charge < -0.3 is 0 Å². The van der Waals surface area contributed by atoms with Crippen molar-refractivity contribution in [3.63, 3.8) is 0 Å². The summed E-state index contributed by atoms with van der Waals surface area (Å²) in [4.78, 5) is 20.5. The van der Waals surface area contributed by atoms with E-state index in [0.29, 0.717) is 27.5 Å². The Labute approximate surface area is 181 Å². The van der Waals surface area contributed by atoms with Crippen LogP contribution in [0.2, 0.25) is 10.2 Å². The molecule has 144 valence electrons. The molecular weight excluding hydrogens is 427 g/mol. The molecule has 2 aromatic carbocycles. The number of carbonyl (C=O) groups excluding carboxylic acids is 1. The molecule has 5 nitrogen and oxygen atoms in total. The summed E-state index contributed by atoms with van der Waals surface area (Å²) in [6.45, 7) is 0. The van der Waals surface area contributed by atoms with Crippen LogP contribution in [0.3, 0.4) is 0 Å². The fourth-order valence-corrected chi connectivity index (χ4v) is 4.68. The van der Waals surface area contributed by atoms with Crippen molar-refractivity contribution < 1.29 is 4.79 Å². The Hall–Kier alpha value is -2.41. The van der Waals surface area contributed by atoms with Gasteiger partial charge in [-0.05, 0) is 29.8 Å². The van der Waals surface area contributed by atoms with E-state index < -0.39 is 0 Å². The maximum Gasteiger partial charge on any atom is 0.258 e. The van der Waals surface area contributed by atoms with Gasteiger partial charge in [-0.15, -0.1) is 0 Å². The molecule has 1 unspecified atom stereocenters. The summed E-state index contributed by atoms with van der Waals surface area (Å²) in [5.41, 5.74) is 3.56. The Morgan fingerprint density at radius 3 is 2.62 bits per heavy atom. The molecule has 0 N–H and O–H groups in total. The molecule has 5 rings (SSSR count). The van der Waals surface area contributed by atoms with Crippen molar-refractivity contribution in [3.05, 3.63) is 75.9 Å². The highest BCUT2D eigenvalue weighted by Crippen LogP contribution is 2.39. The standard InChI is InChI=1S/C21H14Cl2N4OS/c22-14-7-5-12(6-8-14)17-10-18(27(26-17)21-25-19(28)11-29-21)15-9-13-3-1-2-4-16(13)24-20(15)23/h1-9,18H,10-11H2. The lowest BCUT2D eigenvalue weighted by atomic mass is 9.98. The number of pyridine rings is 1. The second-order valence-electron chi connectivity index (χ2n) is 6.76. The van der Waals surface area contributed by atoms with Crippen molar-refractivity contribution in [2.75, 3.05) is 5.75 Å². The molecule has 2 aliphatic heterocycles. The number of benzene rings is 2. The van der Waals surface area contributed by atoms with Crippen LogP contribution in [0.4, 0.5) is 0 Å². The van der Waals surface area contributed by atoms with E-state index in [9.17, 15) is 4.79 Å². The normalized spacial score (nSPS) is 19.0. The SMILES string of the molecule is O=C1CSC(N2N=C(c3ccc(Cl)cc3)CC2c2cc3ccccc3nc2Cl)=N1. The number of fused-ring (bicyclic) bond motifs is 1. The summed E-state index contributed by atoms with van der Waals surface area (Å²) in [7, 11) is 0. The Morgan fingerprint density at radius 2 is 1.86 bits per heavy atom. The van der Waals surface area contributed by atoms with Gasteiger partial charge in [0, 0.05) is 22.4 Å². The number of thioether (sulfide) groups is 1. The van der Waals surface area contributed by atoms with Crippen LogP contribution in [0.15, 0.2) is 64.7 Å². The summed E-state index contributed by atoms with van der Waals surface area (Å²) in [5.74, 6) is 0.176. The van der Waals surface area contributed by atoms with E-state index in [2.05, 4.69) is 9.98 Å². The van der Waals surface area contributed by atoms with Gasteiger partial charge in [0.05, 0.1) is 23.0 Å². The second kappa shape index (κ2) is 7.44. The molecule has 1 amide bonds. The van der Waals surface area contributed by atoms with Crippen molar-refractivity contribution >= 4 is 62.7 Å². The lowest BCUT2D eigenvalue weighted by molar-refractivity contribution is -0.115. The number of nitrogens with zero attached hydrogens (tertiary/aromatic N) is 4. The number of aromatic nitrogens is 1. The summed E-state index contributed by atoms with van der Waals surface area (Å²) in [5, 5.41) is 9.30. The fourth-order valence-electron chi connectivity index (χ4n) is 3.50. The van der Waals surface area contributed by atoms with E-state index in [-0.39, 0.29) is 11.9 Å². The van der Waals surface area contributed by atoms with Crippen molar-refractivity contribution in [2.24, 2.45) is 10.1 Å². The molecule has 0 bridgehead atoms. The molecule has 0 aliphatic carbocycles. The van der Waals surface area contributed by atoms with E-state index in [1.807, 2.05) is 54.6 Å². The highest BCUT2D eigenvalue weighted by Gasteiger charge is 2.36. The Kier molecular flexibility index (Phi) is 4.78. The monoisotopic (exact) mass is 440 g/mol. The molecule has 0 radical (unpaired) electrons. The minimum Gasteiger partial charge on any atom is -0.272 e. The third kappa shape index (κ3) is 3.52. The van der Waals surface area contributed by atoms with Crippen molar-refractivity contribution in [1.29, 1.82) is 0 Å². The largest absolute Gasteiger partial charge is 0.272 e. The Morgan fingerprint density at radius 1 is 1.07 bits per heavy atom. The van der Waals surface area contributed by atoms with Crippen LogP contribution in [0.1, 0.15) is 23.6 Å². The van der Waals surface area contributed by atoms with E-state index in [1.165, 1.54) is 11.8 Å². The molecule has 3 aromatic rings. The lowest BCUT2D eigenvalue weighted by Crippen LogP contribution is -2.24. The van der Waals surface area contributed by atoms with Crippen molar-refractivity contribution in [2.45, 2.75) is 12.5 Å². The van der Waals surface area contributed by atoms with Gasteiger partial charge in [0.2, 0.25) is 0 Å². The summed E-state index contributed by atoms with van der Waals surface area (Å²) in [6.07, 6.45) is 0.620. The minimum atomic E-state index is -0.192. The van der Waals surface area contributed by atoms with Gasteiger partial charge >= 0.3 is 0 Å². The number of amidine groups is 1. The zero-order valence-electron chi connectivity index (χ0n) is 15.0. The van der Waals surface area contributed by atoms with E-state index in [4.69, 9.17) is 28.3 Å². The van der Waals surface area contributed by atoms with Crippen LogP contribution in [0.5, 0.6) is 0 Å². The highest BCUT2D eigenvalue weighted by atomic mass is 35.5. The van der Waals surface area contributed by atoms with Crippen LogP contribution in [0, 0.1) is 0 Å². The number of hydrogen-bond donors (Lipinski definition) is 0. The molecule has 8 heteroatoms. The minimum absolute atomic E-state index is 0.151. The Bertz CT molecular complexity index is 1190. The number of carbonyl (C=O) groups is 1. The quantitative estimate of drug-likeness (QED) is 0.505. The number of hydrazone groups is 1. The van der Waals surface area contributed by atoms with Gasteiger partial charge in [-0.2, -0.15) is 10.1 Å². The van der Waals surface area contributed by atoms with E-state index >= 15 is 0 Å². The first kappa shape index (κ1) is 18.6. The van der Waals surface area contributed by atoms with E-state index in [1.54, 1.807) is 5.01 Å². The molecule has 1 aromatic heterocycles. The number of para-hydroxylation sites is 1. The third-order valence-corrected chi connectivity index (χ3v) is 6.38. The zero-order valence-corrected chi connectivity index (χ0v) is 17.4. The fraction of sp³-hybridized carbons (Fsp3) is 0.143.